The summed E-state index contributed by atoms with van der Waals surface area (Å²) in [5.74, 6) is -1.40. The van der Waals surface area contributed by atoms with E-state index in [1.165, 1.54) is 22.5 Å². The summed E-state index contributed by atoms with van der Waals surface area (Å²) in [6, 6.07) is 18.8. The fourth-order valence-electron chi connectivity index (χ4n) is 4.35. The minimum absolute atomic E-state index is 0.00704. The van der Waals surface area contributed by atoms with E-state index in [1.54, 1.807) is 65.6 Å². The Morgan fingerprint density at radius 3 is 2.23 bits per heavy atom. The zero-order valence-corrected chi connectivity index (χ0v) is 22.9. The molecule has 12 heteroatoms. The molecule has 1 saturated heterocycles. The van der Waals surface area contributed by atoms with E-state index in [0.717, 1.165) is 5.41 Å². The quantitative estimate of drug-likeness (QED) is 0.257. The summed E-state index contributed by atoms with van der Waals surface area (Å²) in [5.41, 5.74) is 13.1. The second-order valence-corrected chi connectivity index (χ2v) is 11.4. The number of hydrogen-bond acceptors (Lipinski definition) is 5. The van der Waals surface area contributed by atoms with Crippen LogP contribution in [0.15, 0.2) is 83.2 Å². The van der Waals surface area contributed by atoms with Gasteiger partial charge in [0.25, 0.3) is 5.91 Å². The van der Waals surface area contributed by atoms with Gasteiger partial charge in [-0.1, -0.05) is 35.9 Å². The van der Waals surface area contributed by atoms with Crippen LogP contribution in [0.25, 0.3) is 6.08 Å². The molecule has 1 unspecified atom stereocenters. The van der Waals surface area contributed by atoms with Gasteiger partial charge >= 0.3 is 5.97 Å². The smallest absolute Gasteiger partial charge is 0.335 e. The predicted molar refractivity (Wildman–Crippen MR) is 155 cm³/mol. The summed E-state index contributed by atoms with van der Waals surface area (Å²) < 4.78 is 28.5. The summed E-state index contributed by atoms with van der Waals surface area (Å²) in [4.78, 5) is 30.0. The van der Waals surface area contributed by atoms with Gasteiger partial charge in [-0.05, 0) is 72.2 Å². The number of carboxylic acids is 1. The third kappa shape index (κ3) is 7.26. The van der Waals surface area contributed by atoms with E-state index < -0.39 is 22.0 Å². The standard InChI is InChI=1S/C28H28ClN5O5S/c29-23-9-3-19(4-10-23)14-16-40(38,39)34(17-20-1-5-22(6-2-20)27(36)37)25-13-15-33(18-25)26(35)21-7-11-24(12-8-21)32-28(30)31/h1-12,14,16,25H,13,15,17-18H2,(H,36,37)(H4,30,31,32)/b16-14+. The van der Waals surface area contributed by atoms with Gasteiger partial charge in [0.05, 0.1) is 11.3 Å². The van der Waals surface area contributed by atoms with Gasteiger partial charge < -0.3 is 21.5 Å². The first-order chi connectivity index (χ1) is 19.0. The second-order valence-electron chi connectivity index (χ2n) is 9.22. The molecule has 208 valence electrons. The van der Waals surface area contributed by atoms with Gasteiger partial charge in [0.15, 0.2) is 5.96 Å². The number of carbonyl (C=O) groups is 2. The number of carbonyl (C=O) groups excluding carboxylic acids is 1. The number of nitrogens with two attached hydrogens (primary N) is 2. The summed E-state index contributed by atoms with van der Waals surface area (Å²) >= 11 is 5.94. The Morgan fingerprint density at radius 2 is 1.62 bits per heavy atom. The minimum Gasteiger partial charge on any atom is -0.478 e. The van der Waals surface area contributed by atoms with Crippen LogP contribution < -0.4 is 11.5 Å². The van der Waals surface area contributed by atoms with Crippen LogP contribution in [0.5, 0.6) is 0 Å². The Morgan fingerprint density at radius 1 is 1.00 bits per heavy atom. The maximum Gasteiger partial charge on any atom is 0.335 e. The fraction of sp³-hybridized carbons (Fsp3) is 0.179. The van der Waals surface area contributed by atoms with Crippen molar-refractivity contribution in [3.63, 3.8) is 0 Å². The topological polar surface area (TPSA) is 159 Å². The Balaban J connectivity index is 1.57. The van der Waals surface area contributed by atoms with Crippen molar-refractivity contribution in [1.29, 1.82) is 0 Å². The number of likely N-dealkylation sites (tertiary alicyclic amines) is 1. The monoisotopic (exact) mass is 581 g/mol. The molecule has 1 aliphatic heterocycles. The van der Waals surface area contributed by atoms with Crippen molar-refractivity contribution in [2.24, 2.45) is 16.5 Å². The highest BCUT2D eigenvalue weighted by Gasteiger charge is 2.36. The van der Waals surface area contributed by atoms with Crippen molar-refractivity contribution in [2.75, 3.05) is 13.1 Å². The molecule has 0 radical (unpaired) electrons. The van der Waals surface area contributed by atoms with E-state index in [0.29, 0.717) is 40.4 Å². The number of rotatable bonds is 9. The van der Waals surface area contributed by atoms with E-state index >= 15 is 0 Å². The molecule has 4 rings (SSSR count). The van der Waals surface area contributed by atoms with Crippen molar-refractivity contribution in [3.8, 4) is 0 Å². The van der Waals surface area contributed by atoms with Crippen LogP contribution >= 0.6 is 11.6 Å². The van der Waals surface area contributed by atoms with Crippen LogP contribution in [0.2, 0.25) is 5.02 Å². The van der Waals surface area contributed by atoms with Crippen LogP contribution in [0.4, 0.5) is 5.69 Å². The first-order valence-electron chi connectivity index (χ1n) is 12.3. The zero-order valence-electron chi connectivity index (χ0n) is 21.4. The number of amides is 1. The number of hydrogen-bond donors (Lipinski definition) is 3. The molecule has 5 N–H and O–H groups in total. The number of sulfonamides is 1. The number of nitrogens with zero attached hydrogens (tertiary/aromatic N) is 3. The van der Waals surface area contributed by atoms with Crippen molar-refractivity contribution in [1.82, 2.24) is 9.21 Å². The molecule has 1 amide bonds. The number of aromatic carboxylic acids is 1. The first kappa shape index (κ1) is 28.8. The molecular formula is C28H28ClN5O5S. The molecule has 1 fully saturated rings. The van der Waals surface area contributed by atoms with E-state index in [2.05, 4.69) is 4.99 Å². The van der Waals surface area contributed by atoms with E-state index in [1.807, 2.05) is 0 Å². The lowest BCUT2D eigenvalue weighted by Crippen LogP contribution is -2.41. The van der Waals surface area contributed by atoms with E-state index in [9.17, 15) is 23.1 Å². The molecule has 0 aliphatic carbocycles. The van der Waals surface area contributed by atoms with Crippen LogP contribution in [-0.2, 0) is 16.6 Å². The SMILES string of the molecule is NC(N)=Nc1ccc(C(=O)N2CCC(N(Cc3ccc(C(=O)O)cc3)S(=O)(=O)/C=C/c3ccc(Cl)cc3)C2)cc1. The molecule has 3 aromatic carbocycles. The Labute approximate surface area is 237 Å². The maximum atomic E-state index is 13.6. The normalized spacial score (nSPS) is 15.4. The highest BCUT2D eigenvalue weighted by Crippen LogP contribution is 2.25. The van der Waals surface area contributed by atoms with E-state index in [-0.39, 0.29) is 30.5 Å². The van der Waals surface area contributed by atoms with Crippen molar-refractivity contribution in [2.45, 2.75) is 19.0 Å². The molecule has 10 nitrogen and oxygen atoms in total. The molecule has 0 spiro atoms. The molecule has 3 aromatic rings. The van der Waals surface area contributed by atoms with Crippen LogP contribution in [-0.4, -0.2) is 59.7 Å². The first-order valence-corrected chi connectivity index (χ1v) is 14.2. The Kier molecular flexibility index (Phi) is 8.88. The van der Waals surface area contributed by atoms with Gasteiger partial charge in [0.2, 0.25) is 10.0 Å². The maximum absolute atomic E-state index is 13.6. The average molecular weight is 582 g/mol. The van der Waals surface area contributed by atoms with Crippen LogP contribution in [0.1, 0.15) is 38.3 Å². The molecule has 0 aromatic heterocycles. The number of benzene rings is 3. The lowest BCUT2D eigenvalue weighted by Gasteiger charge is -2.27. The third-order valence-electron chi connectivity index (χ3n) is 6.40. The summed E-state index contributed by atoms with van der Waals surface area (Å²) in [5, 5.41) is 10.9. The molecule has 1 heterocycles. The highest BCUT2D eigenvalue weighted by molar-refractivity contribution is 7.92. The van der Waals surface area contributed by atoms with Gasteiger partial charge in [-0.2, -0.15) is 4.31 Å². The summed E-state index contributed by atoms with van der Waals surface area (Å²) in [6.07, 6.45) is 1.92. The third-order valence-corrected chi connectivity index (χ3v) is 8.21. The van der Waals surface area contributed by atoms with Gasteiger partial charge in [-0.25, -0.2) is 18.2 Å². The number of carboxylic acid groups (broad SMARTS) is 1. The molecule has 0 saturated carbocycles. The van der Waals surface area contributed by atoms with Crippen LogP contribution in [0, 0.1) is 0 Å². The number of halogens is 1. The summed E-state index contributed by atoms with van der Waals surface area (Å²) in [7, 11) is -3.94. The molecule has 40 heavy (non-hydrogen) atoms. The number of aliphatic imine (C=N–C) groups is 1. The average Bonchev–Trinajstić information content (AvgIpc) is 3.41. The minimum atomic E-state index is -3.94. The van der Waals surface area contributed by atoms with Crippen LogP contribution in [0.3, 0.4) is 0 Å². The molecule has 0 bridgehead atoms. The summed E-state index contributed by atoms with van der Waals surface area (Å²) in [6.45, 7) is 0.562. The largest absolute Gasteiger partial charge is 0.478 e. The Hall–Kier alpha value is -4.19. The molecule has 1 aliphatic rings. The van der Waals surface area contributed by atoms with Gasteiger partial charge in [0.1, 0.15) is 0 Å². The van der Waals surface area contributed by atoms with Crippen molar-refractivity contribution >= 4 is 51.2 Å². The second kappa shape index (κ2) is 12.3. The lowest BCUT2D eigenvalue weighted by atomic mass is 10.1. The predicted octanol–water partition coefficient (Wildman–Crippen LogP) is 3.66. The van der Waals surface area contributed by atoms with Gasteiger partial charge in [-0.3, -0.25) is 4.79 Å². The van der Waals surface area contributed by atoms with Gasteiger partial charge in [-0.15, -0.1) is 0 Å². The fourth-order valence-corrected chi connectivity index (χ4v) is 5.88. The number of guanidine groups is 1. The van der Waals surface area contributed by atoms with E-state index in [4.69, 9.17) is 23.1 Å². The molecule has 1 atom stereocenters. The van der Waals surface area contributed by atoms with Crippen molar-refractivity contribution in [3.05, 3.63) is 105 Å². The van der Waals surface area contributed by atoms with Gasteiger partial charge in [0, 0.05) is 41.7 Å². The molecular weight excluding hydrogens is 554 g/mol. The lowest BCUT2D eigenvalue weighted by molar-refractivity contribution is 0.0696. The highest BCUT2D eigenvalue weighted by atomic mass is 35.5. The Bertz CT molecular complexity index is 1540. The zero-order chi connectivity index (χ0) is 28.9. The van der Waals surface area contributed by atoms with Crippen molar-refractivity contribution < 1.29 is 23.1 Å².